The molecule has 3 aromatic rings. The molecule has 3 aromatic carbocycles. The zero-order chi connectivity index (χ0) is 20.7. The molecule has 0 aliphatic rings. The SMILES string of the molecule is O=S(=O)(O)c1ccc2c(S(=O)(=O)O)cc(N=Nc3ccc(Cl)cc3)c(O)c2c1. The van der Waals surface area contributed by atoms with Gasteiger partial charge < -0.3 is 5.11 Å². The van der Waals surface area contributed by atoms with Crippen LogP contribution in [-0.4, -0.2) is 31.0 Å². The summed E-state index contributed by atoms with van der Waals surface area (Å²) in [6.45, 7) is 0. The van der Waals surface area contributed by atoms with Gasteiger partial charge in [-0.2, -0.15) is 21.9 Å². The fourth-order valence-electron chi connectivity index (χ4n) is 2.41. The molecule has 3 N–H and O–H groups in total. The predicted molar refractivity (Wildman–Crippen MR) is 101 cm³/mol. The fraction of sp³-hybridized carbons (Fsp3) is 0. The van der Waals surface area contributed by atoms with Crippen molar-refractivity contribution in [2.24, 2.45) is 10.2 Å². The first-order valence-electron chi connectivity index (χ1n) is 7.39. The van der Waals surface area contributed by atoms with Crippen molar-refractivity contribution in [2.75, 3.05) is 0 Å². The number of benzene rings is 3. The van der Waals surface area contributed by atoms with Crippen molar-refractivity contribution in [1.82, 2.24) is 0 Å². The van der Waals surface area contributed by atoms with Crippen LogP contribution in [0.15, 0.2) is 68.6 Å². The summed E-state index contributed by atoms with van der Waals surface area (Å²) in [7, 11) is -9.37. The van der Waals surface area contributed by atoms with E-state index in [9.17, 15) is 31.0 Å². The van der Waals surface area contributed by atoms with Gasteiger partial charge in [-0.05, 0) is 42.5 Å². The van der Waals surface area contributed by atoms with Crippen LogP contribution < -0.4 is 0 Å². The Balaban J connectivity index is 2.27. The predicted octanol–water partition coefficient (Wildman–Crippen LogP) is 4.11. The van der Waals surface area contributed by atoms with Crippen molar-refractivity contribution in [3.63, 3.8) is 0 Å². The zero-order valence-electron chi connectivity index (χ0n) is 13.7. The van der Waals surface area contributed by atoms with Crippen molar-refractivity contribution in [3.05, 3.63) is 53.6 Å². The van der Waals surface area contributed by atoms with E-state index in [0.717, 1.165) is 24.3 Å². The largest absolute Gasteiger partial charge is 0.505 e. The maximum Gasteiger partial charge on any atom is 0.295 e. The van der Waals surface area contributed by atoms with E-state index in [0.29, 0.717) is 10.7 Å². The first-order chi connectivity index (χ1) is 13.0. The molecule has 0 amide bonds. The number of nitrogens with zero attached hydrogens (tertiary/aromatic N) is 2. The van der Waals surface area contributed by atoms with Crippen LogP contribution in [0.1, 0.15) is 0 Å². The topological polar surface area (TPSA) is 154 Å². The Morgan fingerprint density at radius 3 is 2.00 bits per heavy atom. The Labute approximate surface area is 164 Å². The van der Waals surface area contributed by atoms with E-state index in [-0.39, 0.29) is 16.5 Å². The Bertz CT molecular complexity index is 1320. The Morgan fingerprint density at radius 1 is 0.786 bits per heavy atom. The van der Waals surface area contributed by atoms with Crippen LogP contribution in [0.4, 0.5) is 11.4 Å². The first-order valence-corrected chi connectivity index (χ1v) is 10.6. The number of hydrogen-bond acceptors (Lipinski definition) is 7. The fourth-order valence-corrected chi connectivity index (χ4v) is 3.76. The van der Waals surface area contributed by atoms with Crippen molar-refractivity contribution >= 4 is 54.0 Å². The second kappa shape index (κ2) is 7.11. The van der Waals surface area contributed by atoms with Gasteiger partial charge in [0.2, 0.25) is 0 Å². The minimum atomic E-state index is -4.75. The Morgan fingerprint density at radius 2 is 1.43 bits per heavy atom. The highest BCUT2D eigenvalue weighted by molar-refractivity contribution is 7.86. The van der Waals surface area contributed by atoms with Gasteiger partial charge in [0.05, 0.1) is 10.6 Å². The number of azo groups is 1. The van der Waals surface area contributed by atoms with Gasteiger partial charge >= 0.3 is 0 Å². The minimum Gasteiger partial charge on any atom is -0.505 e. The van der Waals surface area contributed by atoms with Crippen LogP contribution in [0.2, 0.25) is 5.02 Å². The van der Waals surface area contributed by atoms with Crippen molar-refractivity contribution < 1.29 is 31.0 Å². The van der Waals surface area contributed by atoms with Crippen molar-refractivity contribution in [3.8, 4) is 5.75 Å². The van der Waals surface area contributed by atoms with Gasteiger partial charge in [-0.1, -0.05) is 17.7 Å². The van der Waals surface area contributed by atoms with Crippen molar-refractivity contribution in [1.29, 1.82) is 0 Å². The van der Waals surface area contributed by atoms with Crippen LogP contribution in [0.25, 0.3) is 10.8 Å². The molecule has 0 aliphatic heterocycles. The molecule has 9 nitrogen and oxygen atoms in total. The standard InChI is InChI=1S/C16H11ClN2O7S2/c17-9-1-3-10(4-2-9)18-19-14-8-15(28(24,25)26)12-6-5-11(27(21,22)23)7-13(12)16(14)20/h1-8,20H,(H,21,22,23)(H,24,25,26). The number of hydrogen-bond donors (Lipinski definition) is 3. The number of rotatable bonds is 4. The molecule has 146 valence electrons. The summed E-state index contributed by atoms with van der Waals surface area (Å²) in [4.78, 5) is -1.20. The molecule has 0 aromatic heterocycles. The average Bonchev–Trinajstić information content (AvgIpc) is 2.60. The third-order valence-corrected chi connectivity index (χ3v) is 5.69. The number of aromatic hydroxyl groups is 1. The highest BCUT2D eigenvalue weighted by Gasteiger charge is 2.21. The molecule has 0 saturated carbocycles. The van der Waals surface area contributed by atoms with E-state index in [2.05, 4.69) is 10.2 Å². The summed E-state index contributed by atoms with van der Waals surface area (Å²) >= 11 is 5.77. The van der Waals surface area contributed by atoms with E-state index in [1.54, 1.807) is 0 Å². The van der Waals surface area contributed by atoms with Gasteiger partial charge in [-0.25, -0.2) is 0 Å². The lowest BCUT2D eigenvalue weighted by molar-refractivity contribution is 0.479. The van der Waals surface area contributed by atoms with Gasteiger partial charge in [-0.3, -0.25) is 9.11 Å². The molecule has 0 fully saturated rings. The van der Waals surface area contributed by atoms with Crippen LogP contribution in [0, 0.1) is 0 Å². The number of fused-ring (bicyclic) bond motifs is 1. The molecule has 0 bridgehead atoms. The second-order valence-electron chi connectivity index (χ2n) is 5.58. The molecule has 28 heavy (non-hydrogen) atoms. The van der Waals surface area contributed by atoms with Crippen LogP contribution in [0.5, 0.6) is 5.75 Å². The lowest BCUT2D eigenvalue weighted by Gasteiger charge is -2.09. The lowest BCUT2D eigenvalue weighted by atomic mass is 10.1. The summed E-state index contributed by atoms with van der Waals surface area (Å²) in [5.41, 5.74) is -0.00782. The van der Waals surface area contributed by atoms with Gasteiger partial charge in [0.25, 0.3) is 20.2 Å². The Kier molecular flexibility index (Phi) is 5.12. The van der Waals surface area contributed by atoms with Crippen LogP contribution >= 0.6 is 11.6 Å². The highest BCUT2D eigenvalue weighted by atomic mass is 35.5. The molecule has 12 heteroatoms. The third kappa shape index (κ3) is 4.13. The van der Waals surface area contributed by atoms with Gasteiger partial charge in [0.15, 0.2) is 5.75 Å². The van der Waals surface area contributed by atoms with Crippen molar-refractivity contribution in [2.45, 2.75) is 9.79 Å². The number of phenolic OH excluding ortho intramolecular Hbond substituents is 1. The van der Waals surface area contributed by atoms with Crippen LogP contribution in [-0.2, 0) is 20.2 Å². The minimum absolute atomic E-state index is 0.169. The highest BCUT2D eigenvalue weighted by Crippen LogP contribution is 2.40. The average molecular weight is 443 g/mol. The summed E-state index contributed by atoms with van der Waals surface area (Å²) in [5, 5.41) is 18.1. The number of halogens is 1. The summed E-state index contributed by atoms with van der Waals surface area (Å²) in [5.74, 6) is -0.592. The molecule has 0 unspecified atom stereocenters. The maximum atomic E-state index is 11.7. The maximum absolute atomic E-state index is 11.7. The van der Waals surface area contributed by atoms with E-state index in [4.69, 9.17) is 11.6 Å². The van der Waals surface area contributed by atoms with Gasteiger partial charge in [-0.15, -0.1) is 5.11 Å². The molecule has 0 aliphatic carbocycles. The lowest BCUT2D eigenvalue weighted by Crippen LogP contribution is -2.01. The van der Waals surface area contributed by atoms with Crippen LogP contribution in [0.3, 0.4) is 0 Å². The van der Waals surface area contributed by atoms with E-state index in [1.165, 1.54) is 24.3 Å². The normalized spacial score (nSPS) is 12.7. The molecule has 0 atom stereocenters. The first kappa shape index (κ1) is 20.2. The molecule has 3 rings (SSSR count). The smallest absolute Gasteiger partial charge is 0.295 e. The molecular formula is C16H11ClN2O7S2. The van der Waals surface area contributed by atoms with Gasteiger partial charge in [0.1, 0.15) is 10.6 Å². The van der Waals surface area contributed by atoms with Gasteiger partial charge in [0, 0.05) is 15.8 Å². The second-order valence-corrected chi connectivity index (χ2v) is 8.82. The van der Waals surface area contributed by atoms with E-state index >= 15 is 0 Å². The summed E-state index contributed by atoms with van der Waals surface area (Å²) < 4.78 is 64.8. The molecule has 0 saturated heterocycles. The van der Waals surface area contributed by atoms with E-state index < -0.39 is 35.8 Å². The molecule has 0 spiro atoms. The molecule has 0 radical (unpaired) electrons. The molecular weight excluding hydrogens is 432 g/mol. The molecule has 0 heterocycles. The Hall–Kier alpha value is -2.57. The zero-order valence-corrected chi connectivity index (χ0v) is 16.1. The monoisotopic (exact) mass is 442 g/mol. The third-order valence-electron chi connectivity index (χ3n) is 3.70. The number of phenols is 1. The summed E-state index contributed by atoms with van der Waals surface area (Å²) in [6, 6.07) is 9.82. The van der Waals surface area contributed by atoms with E-state index in [1.807, 2.05) is 0 Å². The quantitative estimate of drug-likeness (QED) is 0.405. The summed E-state index contributed by atoms with van der Waals surface area (Å²) in [6.07, 6.45) is 0.